The molecule has 13 heavy (non-hydrogen) atoms. The molecule has 1 aromatic rings. The second kappa shape index (κ2) is 2.58. The number of rotatable bonds is 1. The van der Waals surface area contributed by atoms with Crippen LogP contribution in [0.15, 0.2) is 9.85 Å². The lowest BCUT2D eigenvalue weighted by molar-refractivity contribution is 0.0770. The van der Waals surface area contributed by atoms with Crippen LogP contribution >= 0.6 is 27.3 Å². The first kappa shape index (κ1) is 8.00. The molecule has 0 N–H and O–H groups in total. The summed E-state index contributed by atoms with van der Waals surface area (Å²) in [6.07, 6.45) is 2.39. The summed E-state index contributed by atoms with van der Waals surface area (Å²) >= 11 is 4.96. The molecule has 0 saturated heterocycles. The average Bonchev–Trinajstić information content (AvgIpc) is 2.79. The quantitative estimate of drug-likeness (QED) is 0.758. The summed E-state index contributed by atoms with van der Waals surface area (Å²) in [4.78, 5) is 14.8. The Kier molecular flexibility index (Phi) is 1.58. The lowest BCUT2D eigenvalue weighted by atomic mass is 10.3. The Hall–Kier alpha value is -0.350. The zero-order valence-corrected chi connectivity index (χ0v) is 9.32. The Bertz CT molecular complexity index is 383. The molecule has 2 aliphatic rings. The maximum Gasteiger partial charge on any atom is 0.264 e. The van der Waals surface area contributed by atoms with Crippen LogP contribution in [-0.4, -0.2) is 16.8 Å². The van der Waals surface area contributed by atoms with E-state index < -0.39 is 0 Å². The molecule has 0 radical (unpaired) electrons. The van der Waals surface area contributed by atoms with Crippen LogP contribution in [0.4, 0.5) is 0 Å². The van der Waals surface area contributed by atoms with Crippen molar-refractivity contribution in [3.8, 4) is 0 Å². The van der Waals surface area contributed by atoms with Gasteiger partial charge in [0.15, 0.2) is 0 Å². The Morgan fingerprint density at radius 1 is 1.54 bits per heavy atom. The fourth-order valence-corrected chi connectivity index (χ4v) is 3.38. The van der Waals surface area contributed by atoms with E-state index in [2.05, 4.69) is 22.0 Å². The lowest BCUT2D eigenvalue weighted by Crippen LogP contribution is -2.25. The first-order chi connectivity index (χ1) is 6.25. The van der Waals surface area contributed by atoms with E-state index >= 15 is 0 Å². The van der Waals surface area contributed by atoms with Crippen molar-refractivity contribution in [1.82, 2.24) is 4.90 Å². The van der Waals surface area contributed by atoms with Crippen LogP contribution in [0.5, 0.6) is 0 Å². The zero-order chi connectivity index (χ0) is 9.00. The number of carbonyl (C=O) groups excluding carboxylic acids is 1. The molecule has 0 aromatic carbocycles. The van der Waals surface area contributed by atoms with Gasteiger partial charge < -0.3 is 4.90 Å². The molecular weight excluding hydrogens is 250 g/mol. The van der Waals surface area contributed by atoms with Crippen molar-refractivity contribution >= 4 is 33.2 Å². The average molecular weight is 258 g/mol. The lowest BCUT2D eigenvalue weighted by Gasteiger charge is -2.13. The van der Waals surface area contributed by atoms with Gasteiger partial charge in [-0.05, 0) is 40.4 Å². The van der Waals surface area contributed by atoms with E-state index in [9.17, 15) is 4.79 Å². The number of thiophene rings is 1. The second-order valence-electron chi connectivity index (χ2n) is 3.57. The highest BCUT2D eigenvalue weighted by atomic mass is 79.9. The number of amides is 1. The fraction of sp³-hybridized carbons (Fsp3) is 0.444. The molecule has 1 saturated carbocycles. The molecule has 0 bridgehead atoms. The third kappa shape index (κ3) is 1.15. The van der Waals surface area contributed by atoms with Gasteiger partial charge in [-0.1, -0.05) is 0 Å². The van der Waals surface area contributed by atoms with Gasteiger partial charge in [0.2, 0.25) is 0 Å². The van der Waals surface area contributed by atoms with Crippen molar-refractivity contribution in [2.75, 3.05) is 0 Å². The third-order valence-electron chi connectivity index (χ3n) is 2.56. The highest BCUT2D eigenvalue weighted by Gasteiger charge is 2.39. The summed E-state index contributed by atoms with van der Waals surface area (Å²) in [5.41, 5.74) is 1.20. The first-order valence-electron chi connectivity index (χ1n) is 4.35. The minimum atomic E-state index is 0.244. The van der Waals surface area contributed by atoms with Gasteiger partial charge >= 0.3 is 0 Å². The van der Waals surface area contributed by atoms with Crippen molar-refractivity contribution in [2.24, 2.45) is 0 Å². The predicted octanol–water partition coefficient (Wildman–Crippen LogP) is 2.63. The Morgan fingerprint density at radius 3 is 2.92 bits per heavy atom. The molecule has 1 fully saturated rings. The van der Waals surface area contributed by atoms with E-state index in [1.165, 1.54) is 18.4 Å². The number of halogens is 1. The van der Waals surface area contributed by atoms with Crippen molar-refractivity contribution in [3.63, 3.8) is 0 Å². The van der Waals surface area contributed by atoms with Crippen LogP contribution < -0.4 is 0 Å². The largest absolute Gasteiger partial charge is 0.331 e. The van der Waals surface area contributed by atoms with E-state index in [-0.39, 0.29) is 5.91 Å². The van der Waals surface area contributed by atoms with Crippen molar-refractivity contribution in [2.45, 2.75) is 25.4 Å². The molecule has 68 valence electrons. The van der Waals surface area contributed by atoms with Crippen molar-refractivity contribution in [3.05, 3.63) is 20.3 Å². The van der Waals surface area contributed by atoms with E-state index in [1.807, 2.05) is 4.90 Å². The number of nitrogens with zero attached hydrogens (tertiary/aromatic N) is 1. The monoisotopic (exact) mass is 257 g/mol. The predicted molar refractivity (Wildman–Crippen MR) is 54.9 cm³/mol. The van der Waals surface area contributed by atoms with Crippen LogP contribution in [0.25, 0.3) is 0 Å². The van der Waals surface area contributed by atoms with Crippen LogP contribution in [0.3, 0.4) is 0 Å². The molecular formula is C9H8BrNOS. The number of carbonyl (C=O) groups is 1. The molecule has 1 amide bonds. The standard InChI is InChI=1S/C9H8BrNOS/c10-7-3-5-4-11(6-1-2-6)9(12)8(5)13-7/h3,6H,1-2,4H2. The first-order valence-corrected chi connectivity index (χ1v) is 5.96. The summed E-state index contributed by atoms with van der Waals surface area (Å²) in [6.45, 7) is 0.834. The SMILES string of the molecule is O=C1c2sc(Br)cc2CN1C1CC1. The second-order valence-corrected chi connectivity index (χ2v) is 6.00. The molecule has 2 nitrogen and oxygen atoms in total. The summed E-state index contributed by atoms with van der Waals surface area (Å²) in [7, 11) is 0. The highest BCUT2D eigenvalue weighted by molar-refractivity contribution is 9.11. The van der Waals surface area contributed by atoms with Gasteiger partial charge in [-0.25, -0.2) is 0 Å². The molecule has 0 unspecified atom stereocenters. The van der Waals surface area contributed by atoms with E-state index in [0.717, 1.165) is 15.2 Å². The van der Waals surface area contributed by atoms with Crippen molar-refractivity contribution < 1.29 is 4.79 Å². The van der Waals surface area contributed by atoms with Crippen LogP contribution in [0, 0.1) is 0 Å². The Morgan fingerprint density at radius 2 is 2.31 bits per heavy atom. The maximum absolute atomic E-state index is 11.8. The van der Waals surface area contributed by atoms with E-state index in [0.29, 0.717) is 6.04 Å². The highest BCUT2D eigenvalue weighted by Crippen LogP contribution is 2.39. The van der Waals surface area contributed by atoms with Crippen molar-refractivity contribution in [1.29, 1.82) is 0 Å². The van der Waals surface area contributed by atoms with Gasteiger partial charge in [0, 0.05) is 12.6 Å². The molecule has 1 aliphatic heterocycles. The van der Waals surface area contributed by atoms with Gasteiger partial charge in [0.05, 0.1) is 8.66 Å². The van der Waals surface area contributed by atoms with Crippen LogP contribution in [-0.2, 0) is 6.54 Å². The van der Waals surface area contributed by atoms with Crippen LogP contribution in [0.2, 0.25) is 0 Å². The summed E-state index contributed by atoms with van der Waals surface area (Å²) in [5.74, 6) is 0.244. The van der Waals surface area contributed by atoms with E-state index in [1.54, 1.807) is 11.3 Å². The third-order valence-corrected chi connectivity index (χ3v) is 4.23. The summed E-state index contributed by atoms with van der Waals surface area (Å²) < 4.78 is 1.07. The van der Waals surface area contributed by atoms with Gasteiger partial charge in [-0.15, -0.1) is 11.3 Å². The Balaban J connectivity index is 1.98. The molecule has 0 atom stereocenters. The summed E-state index contributed by atoms with van der Waals surface area (Å²) in [6, 6.07) is 2.62. The van der Waals surface area contributed by atoms with Gasteiger partial charge in [-0.3, -0.25) is 4.79 Å². The minimum Gasteiger partial charge on any atom is -0.331 e. The van der Waals surface area contributed by atoms with Gasteiger partial charge in [0.25, 0.3) is 5.91 Å². The zero-order valence-electron chi connectivity index (χ0n) is 6.92. The van der Waals surface area contributed by atoms with Crippen LogP contribution in [0.1, 0.15) is 28.1 Å². The van der Waals surface area contributed by atoms with Gasteiger partial charge in [-0.2, -0.15) is 0 Å². The molecule has 0 spiro atoms. The van der Waals surface area contributed by atoms with E-state index in [4.69, 9.17) is 0 Å². The van der Waals surface area contributed by atoms with Gasteiger partial charge in [0.1, 0.15) is 0 Å². The smallest absolute Gasteiger partial charge is 0.264 e. The topological polar surface area (TPSA) is 20.3 Å². The minimum absolute atomic E-state index is 0.244. The normalized spacial score (nSPS) is 21.0. The molecule has 1 aliphatic carbocycles. The molecule has 3 rings (SSSR count). The number of hydrogen-bond acceptors (Lipinski definition) is 2. The maximum atomic E-state index is 11.8. The molecule has 2 heterocycles. The summed E-state index contributed by atoms with van der Waals surface area (Å²) in [5, 5.41) is 0. The number of fused-ring (bicyclic) bond motifs is 1. The number of hydrogen-bond donors (Lipinski definition) is 0. The molecule has 1 aromatic heterocycles. The fourth-order valence-electron chi connectivity index (χ4n) is 1.76. The Labute approximate surface area is 88.7 Å². The molecule has 4 heteroatoms.